The molecule has 3 aromatic rings. The Labute approximate surface area is 166 Å². The monoisotopic (exact) mass is 392 g/mol. The van der Waals surface area contributed by atoms with Crippen LogP contribution in [-0.4, -0.2) is 17.3 Å². The summed E-state index contributed by atoms with van der Waals surface area (Å²) >= 11 is 6.31. The number of nitrogen functional groups attached to an aromatic ring is 1. The lowest BCUT2D eigenvalue weighted by atomic mass is 9.97. The first-order chi connectivity index (χ1) is 13.0. The van der Waals surface area contributed by atoms with Crippen molar-refractivity contribution >= 4 is 56.7 Å². The summed E-state index contributed by atoms with van der Waals surface area (Å²) in [6.45, 7) is 0. The number of hydrogen-bond acceptors (Lipinski definition) is 5. The van der Waals surface area contributed by atoms with E-state index in [-0.39, 0.29) is 5.91 Å². The molecule has 0 bridgehead atoms. The minimum atomic E-state index is -0.174. The number of rotatable bonds is 3. The molecule has 0 radical (unpaired) electrons. The topological polar surface area (TPSA) is 64.3 Å². The Morgan fingerprint density at radius 3 is 2.48 bits per heavy atom. The van der Waals surface area contributed by atoms with Gasteiger partial charge in [0.1, 0.15) is 10.1 Å². The smallest absolute Gasteiger partial charge is 0.263 e. The molecule has 6 heteroatoms. The van der Waals surface area contributed by atoms with Gasteiger partial charge in [-0.3, -0.25) is 4.79 Å². The van der Waals surface area contributed by atoms with Crippen molar-refractivity contribution in [2.24, 2.45) is 0 Å². The second-order valence-corrected chi connectivity index (χ2v) is 7.82. The third-order valence-corrected chi connectivity index (χ3v) is 5.53. The molecule has 27 heavy (non-hydrogen) atoms. The second kappa shape index (κ2) is 7.06. The maximum Gasteiger partial charge on any atom is 0.263 e. The molecule has 1 amide bonds. The Bertz CT molecular complexity index is 1120. The molecule has 0 aliphatic carbocycles. The van der Waals surface area contributed by atoms with Crippen LogP contribution in [-0.2, 0) is 4.79 Å². The molecule has 1 saturated heterocycles. The highest BCUT2D eigenvalue weighted by Gasteiger charge is 2.22. The fraction of sp³-hybridized carbons (Fsp3) is 0.0476. The number of fused-ring (bicyclic) bond motifs is 1. The number of thioether (sulfide) groups is 1. The molecule has 134 valence electrons. The minimum absolute atomic E-state index is 0.174. The lowest BCUT2D eigenvalue weighted by molar-refractivity contribution is -0.115. The standard InChI is InChI=1S/C21H16N2O2S2/c1-25-18-7-6-12(9-19-20(24)23-21(26)27-19)8-16(18)15-10-13-4-2-3-5-14(13)11-17(15)22/h2-11H,22H2,1H3,(H,23,24,26)/b19-9-. The summed E-state index contributed by atoms with van der Waals surface area (Å²) in [6, 6.07) is 17.9. The zero-order valence-corrected chi connectivity index (χ0v) is 16.1. The van der Waals surface area contributed by atoms with E-state index in [0.29, 0.717) is 14.9 Å². The number of ether oxygens (including phenoxy) is 1. The van der Waals surface area contributed by atoms with Gasteiger partial charge in [0.15, 0.2) is 0 Å². The Balaban J connectivity index is 1.85. The summed E-state index contributed by atoms with van der Waals surface area (Å²) in [5.74, 6) is 0.547. The van der Waals surface area contributed by atoms with Crippen molar-refractivity contribution < 1.29 is 9.53 Å². The summed E-state index contributed by atoms with van der Waals surface area (Å²) in [6.07, 6.45) is 1.82. The molecule has 0 spiro atoms. The summed E-state index contributed by atoms with van der Waals surface area (Å²) in [5.41, 5.74) is 9.66. The van der Waals surface area contributed by atoms with Gasteiger partial charge < -0.3 is 15.8 Å². The molecule has 3 N–H and O–H groups in total. The van der Waals surface area contributed by atoms with E-state index in [0.717, 1.165) is 33.2 Å². The van der Waals surface area contributed by atoms with E-state index in [4.69, 9.17) is 22.7 Å². The SMILES string of the molecule is COc1ccc(/C=C2\SC(=S)NC2=O)cc1-c1cc2ccccc2cc1N. The van der Waals surface area contributed by atoms with Crippen LogP contribution in [0.5, 0.6) is 5.75 Å². The molecule has 4 nitrogen and oxygen atoms in total. The molecule has 0 unspecified atom stereocenters. The molecule has 0 aromatic heterocycles. The predicted molar refractivity (Wildman–Crippen MR) is 117 cm³/mol. The van der Waals surface area contributed by atoms with Gasteiger partial charge in [0.2, 0.25) is 0 Å². The Hall–Kier alpha value is -2.83. The van der Waals surface area contributed by atoms with Crippen molar-refractivity contribution in [2.75, 3.05) is 12.8 Å². The fourth-order valence-corrected chi connectivity index (χ4v) is 4.13. The van der Waals surface area contributed by atoms with Gasteiger partial charge >= 0.3 is 0 Å². The van der Waals surface area contributed by atoms with Gasteiger partial charge in [0.25, 0.3) is 5.91 Å². The molecular formula is C21H16N2O2S2. The Morgan fingerprint density at radius 1 is 1.07 bits per heavy atom. The number of methoxy groups -OCH3 is 1. The van der Waals surface area contributed by atoms with Crippen molar-refractivity contribution in [1.82, 2.24) is 5.32 Å². The number of anilines is 1. The second-order valence-electron chi connectivity index (χ2n) is 6.10. The highest BCUT2D eigenvalue weighted by atomic mass is 32.2. The van der Waals surface area contributed by atoms with Gasteiger partial charge in [0, 0.05) is 16.8 Å². The van der Waals surface area contributed by atoms with Crippen molar-refractivity contribution in [3.05, 3.63) is 65.1 Å². The van der Waals surface area contributed by atoms with Gasteiger partial charge in [-0.05, 0) is 46.7 Å². The normalized spacial score (nSPS) is 15.4. The molecule has 0 atom stereocenters. The number of benzene rings is 3. The first-order valence-electron chi connectivity index (χ1n) is 8.26. The van der Waals surface area contributed by atoms with Crippen molar-refractivity contribution in [1.29, 1.82) is 0 Å². The Morgan fingerprint density at radius 2 is 1.81 bits per heavy atom. The van der Waals surface area contributed by atoms with Crippen molar-refractivity contribution in [2.45, 2.75) is 0 Å². The van der Waals surface area contributed by atoms with E-state index in [9.17, 15) is 4.79 Å². The van der Waals surface area contributed by atoms with Gasteiger partial charge in [-0.15, -0.1) is 0 Å². The molecule has 0 saturated carbocycles. The van der Waals surface area contributed by atoms with Gasteiger partial charge in [-0.2, -0.15) is 0 Å². The number of carbonyl (C=O) groups excluding carboxylic acids is 1. The highest BCUT2D eigenvalue weighted by Crippen LogP contribution is 2.38. The number of hydrogen-bond donors (Lipinski definition) is 2. The van der Waals surface area contributed by atoms with E-state index < -0.39 is 0 Å². The van der Waals surface area contributed by atoms with E-state index in [1.54, 1.807) is 7.11 Å². The minimum Gasteiger partial charge on any atom is -0.496 e. The number of thiocarbonyl (C=S) groups is 1. The van der Waals surface area contributed by atoms with Gasteiger partial charge in [-0.25, -0.2) is 0 Å². The first kappa shape index (κ1) is 17.6. The third-order valence-electron chi connectivity index (χ3n) is 4.37. The molecule has 1 aliphatic heterocycles. The molecule has 1 aliphatic rings. The van der Waals surface area contributed by atoms with Gasteiger partial charge in [-0.1, -0.05) is 54.3 Å². The van der Waals surface area contributed by atoms with Crippen LogP contribution in [0.25, 0.3) is 28.0 Å². The van der Waals surface area contributed by atoms with E-state index >= 15 is 0 Å². The lowest BCUT2D eigenvalue weighted by Gasteiger charge is -2.13. The van der Waals surface area contributed by atoms with Crippen LogP contribution in [0.1, 0.15) is 5.56 Å². The zero-order chi connectivity index (χ0) is 19.0. The fourth-order valence-electron chi connectivity index (χ4n) is 3.09. The molecule has 3 aromatic carbocycles. The molecule has 1 fully saturated rings. The number of nitrogens with two attached hydrogens (primary N) is 1. The molecule has 1 heterocycles. The Kier molecular flexibility index (Phi) is 4.59. The maximum absolute atomic E-state index is 11.9. The number of nitrogens with one attached hydrogen (secondary N) is 1. The molecule has 4 rings (SSSR count). The number of carbonyl (C=O) groups is 1. The van der Waals surface area contributed by atoms with Crippen molar-refractivity contribution in [3.63, 3.8) is 0 Å². The summed E-state index contributed by atoms with van der Waals surface area (Å²) in [5, 5.41) is 4.81. The van der Waals surface area contributed by atoms with E-state index in [2.05, 4.69) is 17.4 Å². The first-order valence-corrected chi connectivity index (χ1v) is 9.49. The van der Waals surface area contributed by atoms with Crippen LogP contribution in [0.3, 0.4) is 0 Å². The highest BCUT2D eigenvalue weighted by molar-refractivity contribution is 8.26. The van der Waals surface area contributed by atoms with Crippen LogP contribution < -0.4 is 15.8 Å². The van der Waals surface area contributed by atoms with E-state index in [1.165, 1.54) is 11.8 Å². The van der Waals surface area contributed by atoms with Gasteiger partial charge in [0.05, 0.1) is 12.0 Å². The summed E-state index contributed by atoms with van der Waals surface area (Å²) in [4.78, 5) is 12.5. The van der Waals surface area contributed by atoms with E-state index in [1.807, 2.05) is 48.5 Å². The van der Waals surface area contributed by atoms with Crippen LogP contribution in [0, 0.1) is 0 Å². The third kappa shape index (κ3) is 3.41. The molecular weight excluding hydrogens is 376 g/mol. The van der Waals surface area contributed by atoms with Crippen LogP contribution in [0.2, 0.25) is 0 Å². The van der Waals surface area contributed by atoms with Crippen LogP contribution in [0.4, 0.5) is 5.69 Å². The number of amides is 1. The van der Waals surface area contributed by atoms with Crippen molar-refractivity contribution in [3.8, 4) is 16.9 Å². The quantitative estimate of drug-likeness (QED) is 0.388. The predicted octanol–water partition coefficient (Wildman–Crippen LogP) is 4.59. The average Bonchev–Trinajstić information content (AvgIpc) is 2.98. The van der Waals surface area contributed by atoms with Crippen LogP contribution in [0.15, 0.2) is 59.5 Å². The summed E-state index contributed by atoms with van der Waals surface area (Å²) in [7, 11) is 1.63. The lowest BCUT2D eigenvalue weighted by Crippen LogP contribution is -2.17. The zero-order valence-electron chi connectivity index (χ0n) is 14.5. The van der Waals surface area contributed by atoms with Crippen LogP contribution >= 0.6 is 24.0 Å². The average molecular weight is 393 g/mol. The largest absolute Gasteiger partial charge is 0.496 e. The maximum atomic E-state index is 11.9. The summed E-state index contributed by atoms with van der Waals surface area (Å²) < 4.78 is 6.02.